The topological polar surface area (TPSA) is 50.2 Å². The third-order valence-electron chi connectivity index (χ3n) is 1.75. The van der Waals surface area contributed by atoms with Crippen LogP contribution in [0.1, 0.15) is 28.0 Å². The van der Waals surface area contributed by atoms with Crippen LogP contribution in [0.15, 0.2) is 6.07 Å². The van der Waals surface area contributed by atoms with Crippen molar-refractivity contribution in [2.45, 2.75) is 12.6 Å². The second kappa shape index (κ2) is 4.44. The van der Waals surface area contributed by atoms with Gasteiger partial charge in [-0.25, -0.2) is 18.6 Å². The first-order valence-corrected chi connectivity index (χ1v) is 4.31. The fraction of sp³-hybridized carbons (Fsp3) is 0.250. The molecule has 94 valence electrons. The number of rotatable bonds is 2. The molecule has 3 nitrogen and oxygen atoms in total. The Morgan fingerprint density at radius 1 is 1.41 bits per heavy atom. The molecule has 1 aromatic rings. The number of carboxylic acid groups (broad SMARTS) is 1. The minimum absolute atomic E-state index is 0.0235. The maximum atomic E-state index is 12.4. The van der Waals surface area contributed by atoms with Gasteiger partial charge in [-0.05, 0) is 6.07 Å². The number of aromatic carboxylic acids is 1. The summed E-state index contributed by atoms with van der Waals surface area (Å²) in [7, 11) is 0. The van der Waals surface area contributed by atoms with Gasteiger partial charge in [0.25, 0.3) is 6.43 Å². The molecule has 9 heteroatoms. The minimum atomic E-state index is -4.96. The highest BCUT2D eigenvalue weighted by molar-refractivity contribution is 6.30. The summed E-state index contributed by atoms with van der Waals surface area (Å²) >= 11 is 5.13. The average molecular weight is 276 g/mol. The van der Waals surface area contributed by atoms with E-state index in [-0.39, 0.29) is 6.07 Å². The molecule has 0 aromatic carbocycles. The Kier molecular flexibility index (Phi) is 3.56. The van der Waals surface area contributed by atoms with Crippen LogP contribution in [0.25, 0.3) is 0 Å². The molecule has 0 aliphatic heterocycles. The Hall–Kier alpha value is -1.44. The second-order valence-corrected chi connectivity index (χ2v) is 3.22. The molecule has 0 spiro atoms. The van der Waals surface area contributed by atoms with E-state index in [1.807, 2.05) is 0 Å². The minimum Gasteiger partial charge on any atom is -0.478 e. The maximum absolute atomic E-state index is 12.4. The van der Waals surface area contributed by atoms with E-state index >= 15 is 0 Å². The number of alkyl halides is 5. The first kappa shape index (κ1) is 13.6. The van der Waals surface area contributed by atoms with Crippen molar-refractivity contribution < 1.29 is 31.9 Å². The Morgan fingerprint density at radius 3 is 2.29 bits per heavy atom. The van der Waals surface area contributed by atoms with E-state index in [1.54, 1.807) is 0 Å². The molecular weight excluding hydrogens is 273 g/mol. The number of carbonyl (C=O) groups is 1. The molecule has 0 radical (unpaired) electrons. The quantitative estimate of drug-likeness (QED) is 0.665. The Balaban J connectivity index is 3.53. The monoisotopic (exact) mass is 275 g/mol. The van der Waals surface area contributed by atoms with Crippen molar-refractivity contribution >= 4 is 17.6 Å². The normalized spacial score (nSPS) is 11.9. The van der Waals surface area contributed by atoms with Gasteiger partial charge in [-0.3, -0.25) is 0 Å². The fourth-order valence-electron chi connectivity index (χ4n) is 1.05. The molecule has 1 N–H and O–H groups in total. The summed E-state index contributed by atoms with van der Waals surface area (Å²) in [6.07, 6.45) is -8.29. The average Bonchev–Trinajstić information content (AvgIpc) is 2.13. The van der Waals surface area contributed by atoms with Gasteiger partial charge in [0.2, 0.25) is 0 Å². The predicted octanol–water partition coefficient (Wildman–Crippen LogP) is 3.39. The van der Waals surface area contributed by atoms with Crippen molar-refractivity contribution in [3.05, 3.63) is 28.0 Å². The van der Waals surface area contributed by atoms with E-state index in [2.05, 4.69) is 4.98 Å². The van der Waals surface area contributed by atoms with E-state index in [9.17, 15) is 26.7 Å². The number of hydrogen-bond acceptors (Lipinski definition) is 2. The van der Waals surface area contributed by atoms with Gasteiger partial charge in [0, 0.05) is 0 Å². The standard InChI is InChI=1S/C8H3ClF5NO2/c9-5-4(6(10)11)2(7(16)17)1-3(15-5)8(12,13)14/h1,6H,(H,16,17). The van der Waals surface area contributed by atoms with Crippen molar-refractivity contribution in [1.82, 2.24) is 4.98 Å². The zero-order valence-corrected chi connectivity index (χ0v) is 8.48. The molecule has 1 heterocycles. The molecule has 0 fully saturated rings. The van der Waals surface area contributed by atoms with Gasteiger partial charge in [0.1, 0.15) is 10.8 Å². The van der Waals surface area contributed by atoms with Crippen molar-refractivity contribution in [3.63, 3.8) is 0 Å². The molecule has 0 bridgehead atoms. The lowest BCUT2D eigenvalue weighted by Crippen LogP contribution is -2.13. The molecule has 1 aromatic heterocycles. The third kappa shape index (κ3) is 2.82. The highest BCUT2D eigenvalue weighted by atomic mass is 35.5. The fourth-order valence-corrected chi connectivity index (χ4v) is 1.33. The molecule has 0 atom stereocenters. The van der Waals surface area contributed by atoms with Gasteiger partial charge < -0.3 is 5.11 Å². The number of carboxylic acids is 1. The van der Waals surface area contributed by atoms with Crippen LogP contribution in [-0.4, -0.2) is 16.1 Å². The van der Waals surface area contributed by atoms with Crippen LogP contribution >= 0.6 is 11.6 Å². The summed E-state index contributed by atoms with van der Waals surface area (Å²) in [5, 5.41) is 7.37. The van der Waals surface area contributed by atoms with E-state index in [4.69, 9.17) is 16.7 Å². The molecule has 0 saturated heterocycles. The Bertz CT molecular complexity index is 460. The summed E-state index contributed by atoms with van der Waals surface area (Å²) in [5.41, 5.74) is -4.08. The second-order valence-electron chi connectivity index (χ2n) is 2.86. The van der Waals surface area contributed by atoms with Crippen molar-refractivity contribution in [2.75, 3.05) is 0 Å². The first-order valence-electron chi connectivity index (χ1n) is 3.93. The SMILES string of the molecule is O=C(O)c1cc(C(F)(F)F)nc(Cl)c1C(F)F. The number of halogens is 6. The third-order valence-corrected chi connectivity index (χ3v) is 2.04. The molecule has 0 aliphatic rings. The lowest BCUT2D eigenvalue weighted by atomic mass is 10.1. The van der Waals surface area contributed by atoms with Gasteiger partial charge in [-0.15, -0.1) is 0 Å². The van der Waals surface area contributed by atoms with Crippen LogP contribution in [0.2, 0.25) is 5.15 Å². The number of hydrogen-bond donors (Lipinski definition) is 1. The van der Waals surface area contributed by atoms with Crippen molar-refractivity contribution in [2.24, 2.45) is 0 Å². The lowest BCUT2D eigenvalue weighted by molar-refractivity contribution is -0.141. The smallest absolute Gasteiger partial charge is 0.433 e. The molecule has 0 amide bonds. The molecule has 1 rings (SSSR count). The predicted molar refractivity (Wildman–Crippen MR) is 46.2 cm³/mol. The zero-order valence-electron chi connectivity index (χ0n) is 7.73. The summed E-state index contributed by atoms with van der Waals surface area (Å²) in [6, 6.07) is 0.0235. The van der Waals surface area contributed by atoms with Crippen LogP contribution in [-0.2, 0) is 6.18 Å². The van der Waals surface area contributed by atoms with E-state index in [0.29, 0.717) is 0 Å². The van der Waals surface area contributed by atoms with E-state index < -0.39 is 40.5 Å². The van der Waals surface area contributed by atoms with Gasteiger partial charge >= 0.3 is 12.1 Å². The number of pyridine rings is 1. The summed E-state index contributed by atoms with van der Waals surface area (Å²) in [6.45, 7) is 0. The molecule has 0 aliphatic carbocycles. The molecule has 17 heavy (non-hydrogen) atoms. The molecule has 0 unspecified atom stereocenters. The Labute approximate surface area is 95.8 Å². The van der Waals surface area contributed by atoms with Gasteiger partial charge in [-0.2, -0.15) is 13.2 Å². The Morgan fingerprint density at radius 2 is 1.94 bits per heavy atom. The van der Waals surface area contributed by atoms with Crippen molar-refractivity contribution in [1.29, 1.82) is 0 Å². The summed E-state index contributed by atoms with van der Waals surface area (Å²) in [5.74, 6) is -1.94. The number of nitrogens with zero attached hydrogens (tertiary/aromatic N) is 1. The van der Waals surface area contributed by atoms with Crippen LogP contribution in [0.5, 0.6) is 0 Å². The highest BCUT2D eigenvalue weighted by Gasteiger charge is 2.36. The maximum Gasteiger partial charge on any atom is 0.433 e. The van der Waals surface area contributed by atoms with Crippen molar-refractivity contribution in [3.8, 4) is 0 Å². The zero-order chi connectivity index (χ0) is 13.4. The van der Waals surface area contributed by atoms with E-state index in [1.165, 1.54) is 0 Å². The summed E-state index contributed by atoms with van der Waals surface area (Å²) < 4.78 is 61.5. The van der Waals surface area contributed by atoms with Crippen LogP contribution < -0.4 is 0 Å². The first-order chi connectivity index (χ1) is 7.64. The highest BCUT2D eigenvalue weighted by Crippen LogP contribution is 2.35. The summed E-state index contributed by atoms with van der Waals surface area (Å²) in [4.78, 5) is 13.3. The largest absolute Gasteiger partial charge is 0.478 e. The van der Waals surface area contributed by atoms with Gasteiger partial charge in [0.05, 0.1) is 11.1 Å². The van der Waals surface area contributed by atoms with Gasteiger partial charge in [0.15, 0.2) is 0 Å². The molecule has 0 saturated carbocycles. The lowest BCUT2D eigenvalue weighted by Gasteiger charge is -2.11. The van der Waals surface area contributed by atoms with Crippen LogP contribution in [0.3, 0.4) is 0 Å². The number of aromatic nitrogens is 1. The van der Waals surface area contributed by atoms with E-state index in [0.717, 1.165) is 0 Å². The van der Waals surface area contributed by atoms with Crippen LogP contribution in [0, 0.1) is 0 Å². The molecular formula is C8H3ClF5NO2. The van der Waals surface area contributed by atoms with Crippen LogP contribution in [0.4, 0.5) is 22.0 Å². The van der Waals surface area contributed by atoms with Gasteiger partial charge in [-0.1, -0.05) is 11.6 Å².